The Morgan fingerprint density at radius 2 is 1.22 bits per heavy atom. The zero-order chi connectivity index (χ0) is 26.7. The molecular formula is C37H22N4. The second kappa shape index (κ2) is 7.52. The maximum atomic E-state index is 5.22. The number of aromatic nitrogens is 4. The van der Waals surface area contributed by atoms with Gasteiger partial charge < -0.3 is 9.55 Å². The van der Waals surface area contributed by atoms with Crippen LogP contribution in [0.4, 0.5) is 0 Å². The van der Waals surface area contributed by atoms with Crippen molar-refractivity contribution >= 4 is 82.0 Å². The third-order valence-corrected chi connectivity index (χ3v) is 8.79. The van der Waals surface area contributed by atoms with Gasteiger partial charge in [-0.15, -0.1) is 0 Å². The highest BCUT2D eigenvalue weighted by molar-refractivity contribution is 6.31. The molecule has 4 nitrogen and oxygen atoms in total. The van der Waals surface area contributed by atoms with Gasteiger partial charge in [0.05, 0.1) is 27.6 Å². The summed E-state index contributed by atoms with van der Waals surface area (Å²) >= 11 is 0. The van der Waals surface area contributed by atoms with Crippen molar-refractivity contribution in [2.45, 2.75) is 0 Å². The predicted octanol–water partition coefficient (Wildman–Crippen LogP) is 9.53. The number of para-hydroxylation sites is 5. The van der Waals surface area contributed by atoms with Crippen LogP contribution in [0.5, 0.6) is 0 Å². The molecule has 0 fully saturated rings. The molecule has 0 unspecified atom stereocenters. The summed E-state index contributed by atoms with van der Waals surface area (Å²) in [5, 5.41) is 8.59. The third kappa shape index (κ3) is 2.66. The predicted molar refractivity (Wildman–Crippen MR) is 171 cm³/mol. The number of benzene rings is 6. The molecule has 190 valence electrons. The number of hydrogen-bond acceptors (Lipinski definition) is 1. The molecule has 10 rings (SSSR count). The Balaban J connectivity index is 1.54. The van der Waals surface area contributed by atoms with Gasteiger partial charge in [0, 0.05) is 49.0 Å². The van der Waals surface area contributed by atoms with Crippen molar-refractivity contribution in [3.63, 3.8) is 0 Å². The number of fused-ring (bicyclic) bond motifs is 15. The lowest BCUT2D eigenvalue weighted by Gasteiger charge is -2.12. The van der Waals surface area contributed by atoms with Gasteiger partial charge in [-0.3, -0.25) is 4.40 Å². The molecule has 1 N–H and O–H groups in total. The Morgan fingerprint density at radius 3 is 2.12 bits per heavy atom. The van der Waals surface area contributed by atoms with E-state index in [1.165, 1.54) is 48.9 Å². The van der Waals surface area contributed by atoms with E-state index in [0.29, 0.717) is 0 Å². The summed E-state index contributed by atoms with van der Waals surface area (Å²) < 4.78 is 4.76. The molecule has 0 bridgehead atoms. The zero-order valence-electron chi connectivity index (χ0n) is 22.0. The maximum Gasteiger partial charge on any atom is 0.146 e. The minimum atomic E-state index is 0.992. The van der Waals surface area contributed by atoms with Gasteiger partial charge in [-0.05, 0) is 66.0 Å². The van der Waals surface area contributed by atoms with Gasteiger partial charge in [-0.25, -0.2) is 4.98 Å². The molecule has 6 aromatic carbocycles. The highest BCUT2D eigenvalue weighted by Gasteiger charge is 2.20. The van der Waals surface area contributed by atoms with E-state index in [-0.39, 0.29) is 0 Å². The highest BCUT2D eigenvalue weighted by atomic mass is 15.0. The first-order chi connectivity index (χ1) is 20.3. The fourth-order valence-corrected chi connectivity index (χ4v) is 7.10. The lowest BCUT2D eigenvalue weighted by molar-refractivity contribution is 1.18. The minimum absolute atomic E-state index is 0.992. The lowest BCUT2D eigenvalue weighted by atomic mass is 9.99. The number of H-pyrrole nitrogens is 1. The van der Waals surface area contributed by atoms with Gasteiger partial charge in [0.25, 0.3) is 0 Å². The van der Waals surface area contributed by atoms with Crippen molar-refractivity contribution in [3.8, 4) is 5.69 Å². The fraction of sp³-hybridized carbons (Fsp3) is 0. The van der Waals surface area contributed by atoms with Gasteiger partial charge in [-0.1, -0.05) is 66.7 Å². The molecule has 4 aromatic heterocycles. The topological polar surface area (TPSA) is 38.0 Å². The summed E-state index contributed by atoms with van der Waals surface area (Å²) in [7, 11) is 0. The van der Waals surface area contributed by atoms with Crippen molar-refractivity contribution in [3.05, 3.63) is 127 Å². The lowest BCUT2D eigenvalue weighted by Crippen LogP contribution is -1.95. The second-order valence-electron chi connectivity index (χ2n) is 10.9. The maximum absolute atomic E-state index is 5.22. The molecule has 0 aliphatic rings. The van der Waals surface area contributed by atoms with Crippen LogP contribution < -0.4 is 0 Å². The molecule has 0 radical (unpaired) electrons. The van der Waals surface area contributed by atoms with Gasteiger partial charge in [-0.2, -0.15) is 0 Å². The van der Waals surface area contributed by atoms with E-state index in [9.17, 15) is 0 Å². The van der Waals surface area contributed by atoms with E-state index < -0.39 is 0 Å². The number of imidazole rings is 1. The molecule has 0 aliphatic heterocycles. The Kier molecular flexibility index (Phi) is 3.90. The van der Waals surface area contributed by atoms with Crippen molar-refractivity contribution in [1.82, 2.24) is 18.9 Å². The van der Waals surface area contributed by atoms with Crippen LogP contribution in [-0.4, -0.2) is 18.9 Å². The van der Waals surface area contributed by atoms with Crippen LogP contribution in [0, 0.1) is 0 Å². The Bertz CT molecular complexity index is 2690. The van der Waals surface area contributed by atoms with Gasteiger partial charge in [0.1, 0.15) is 5.65 Å². The SMILES string of the molecule is c1ccc(-n2c3ccccc3c3cc4c(cc32)c2c3c(ccc2n2c5ccccc5nc42)[nH]c2ccccc23)cc1. The van der Waals surface area contributed by atoms with Gasteiger partial charge >= 0.3 is 0 Å². The highest BCUT2D eigenvalue weighted by Crippen LogP contribution is 2.42. The van der Waals surface area contributed by atoms with Gasteiger partial charge in [0.15, 0.2) is 0 Å². The first-order valence-corrected chi connectivity index (χ1v) is 14.0. The van der Waals surface area contributed by atoms with E-state index in [2.05, 4.69) is 141 Å². The average molecular weight is 523 g/mol. The van der Waals surface area contributed by atoms with Crippen LogP contribution >= 0.6 is 0 Å². The Labute approximate surface area is 233 Å². The fourth-order valence-electron chi connectivity index (χ4n) is 7.10. The molecular weight excluding hydrogens is 500 g/mol. The summed E-state index contributed by atoms with van der Waals surface area (Å²) in [5.74, 6) is 0. The van der Waals surface area contributed by atoms with E-state index in [0.717, 1.165) is 38.8 Å². The summed E-state index contributed by atoms with van der Waals surface area (Å²) in [6.45, 7) is 0. The Morgan fingerprint density at radius 1 is 0.463 bits per heavy atom. The molecule has 0 atom stereocenters. The van der Waals surface area contributed by atoms with Crippen LogP contribution in [-0.2, 0) is 0 Å². The van der Waals surface area contributed by atoms with E-state index in [4.69, 9.17) is 4.98 Å². The van der Waals surface area contributed by atoms with Crippen molar-refractivity contribution < 1.29 is 0 Å². The zero-order valence-corrected chi connectivity index (χ0v) is 22.0. The summed E-state index contributed by atoms with van der Waals surface area (Å²) in [4.78, 5) is 8.90. The van der Waals surface area contributed by atoms with Crippen molar-refractivity contribution in [2.75, 3.05) is 0 Å². The summed E-state index contributed by atoms with van der Waals surface area (Å²) in [6, 6.07) is 45.8. The van der Waals surface area contributed by atoms with Crippen molar-refractivity contribution in [2.24, 2.45) is 0 Å². The van der Waals surface area contributed by atoms with E-state index >= 15 is 0 Å². The minimum Gasteiger partial charge on any atom is -0.354 e. The normalized spacial score (nSPS) is 12.4. The number of nitrogens with zero attached hydrogens (tertiary/aromatic N) is 3. The molecule has 0 amide bonds. The first-order valence-electron chi connectivity index (χ1n) is 14.0. The molecule has 4 heteroatoms. The summed E-state index contributed by atoms with van der Waals surface area (Å²) in [5.41, 5.74) is 10.1. The van der Waals surface area contributed by atoms with Gasteiger partial charge in [0.2, 0.25) is 0 Å². The van der Waals surface area contributed by atoms with Crippen LogP contribution in [0.3, 0.4) is 0 Å². The largest absolute Gasteiger partial charge is 0.354 e. The molecule has 0 saturated carbocycles. The smallest absolute Gasteiger partial charge is 0.146 e. The van der Waals surface area contributed by atoms with Crippen LogP contribution in [0.1, 0.15) is 0 Å². The monoisotopic (exact) mass is 522 g/mol. The molecule has 4 heterocycles. The number of aromatic amines is 1. The average Bonchev–Trinajstić information content (AvgIpc) is 3.70. The Hall–Kier alpha value is -5.61. The van der Waals surface area contributed by atoms with Crippen LogP contribution in [0.25, 0.3) is 87.7 Å². The van der Waals surface area contributed by atoms with Crippen LogP contribution in [0.2, 0.25) is 0 Å². The number of hydrogen-bond donors (Lipinski definition) is 1. The third-order valence-electron chi connectivity index (χ3n) is 8.79. The number of rotatable bonds is 1. The molecule has 0 saturated heterocycles. The first kappa shape index (κ1) is 21.2. The van der Waals surface area contributed by atoms with E-state index in [1.807, 2.05) is 0 Å². The number of nitrogens with one attached hydrogen (secondary N) is 1. The second-order valence-corrected chi connectivity index (χ2v) is 10.9. The standard InChI is InChI=1S/C37H22N4/c1-2-10-22(11-3-1)40-31-16-8-5-12-23(31)25-20-27-26(21-34(25)40)36-33(41-32-17-9-7-15-29(32)39-37(27)41)19-18-30-35(36)24-13-4-6-14-28(24)38-30/h1-21,38H. The quantitative estimate of drug-likeness (QED) is 0.214. The van der Waals surface area contributed by atoms with Crippen molar-refractivity contribution in [1.29, 1.82) is 0 Å². The number of pyridine rings is 1. The molecule has 0 spiro atoms. The summed E-state index contributed by atoms with van der Waals surface area (Å²) in [6.07, 6.45) is 0. The van der Waals surface area contributed by atoms with E-state index in [1.54, 1.807) is 0 Å². The van der Waals surface area contributed by atoms with Crippen LogP contribution in [0.15, 0.2) is 127 Å². The molecule has 10 aromatic rings. The molecule has 41 heavy (non-hydrogen) atoms. The molecule has 0 aliphatic carbocycles.